The van der Waals surface area contributed by atoms with Crippen molar-refractivity contribution >= 4 is 22.6 Å². The first-order valence-corrected chi connectivity index (χ1v) is 6.56. The number of nitrogens with one attached hydrogen (secondary N) is 1. The summed E-state index contributed by atoms with van der Waals surface area (Å²) in [5, 5.41) is 14.3. The van der Waals surface area contributed by atoms with Crippen molar-refractivity contribution in [1.82, 2.24) is 4.98 Å². The Bertz CT molecular complexity index is 663. The lowest BCUT2D eigenvalue weighted by Gasteiger charge is -2.25. The second kappa shape index (κ2) is 4.76. The largest absolute Gasteiger partial charge is 0.477 e. The first kappa shape index (κ1) is 12.9. The highest BCUT2D eigenvalue weighted by Gasteiger charge is 2.30. The number of nitrogens with zero attached hydrogens (tertiary/aromatic N) is 1. The van der Waals surface area contributed by atoms with Gasteiger partial charge >= 0.3 is 5.97 Å². The van der Waals surface area contributed by atoms with Gasteiger partial charge in [0, 0.05) is 12.0 Å². The molecule has 104 valence electrons. The Morgan fingerprint density at radius 3 is 2.95 bits per heavy atom. The summed E-state index contributed by atoms with van der Waals surface area (Å²) < 4.78 is 5.42. The molecule has 0 aliphatic carbocycles. The molecule has 20 heavy (non-hydrogen) atoms. The van der Waals surface area contributed by atoms with Gasteiger partial charge in [-0.2, -0.15) is 0 Å². The number of rotatable bonds is 3. The van der Waals surface area contributed by atoms with Crippen molar-refractivity contribution in [2.45, 2.75) is 18.9 Å². The molecule has 1 aromatic heterocycles. The lowest BCUT2D eigenvalue weighted by Crippen LogP contribution is -2.35. The van der Waals surface area contributed by atoms with Crippen molar-refractivity contribution in [2.24, 2.45) is 0 Å². The molecule has 2 heterocycles. The van der Waals surface area contributed by atoms with Gasteiger partial charge in [-0.25, -0.2) is 9.78 Å². The van der Waals surface area contributed by atoms with Crippen LogP contribution in [0.4, 0.5) is 5.82 Å². The first-order valence-electron chi connectivity index (χ1n) is 6.56. The standard InChI is InChI=1S/C15H16N2O3/c1-15(6-7-20-9-15)17-13-11-5-3-2-4-10(11)8-12(16-13)14(18)19/h2-5,8H,6-7,9H2,1H3,(H,16,17)(H,18,19). The molecule has 1 saturated heterocycles. The molecule has 5 nitrogen and oxygen atoms in total. The number of ether oxygens (including phenoxy) is 1. The average molecular weight is 272 g/mol. The normalized spacial score (nSPS) is 22.1. The van der Waals surface area contributed by atoms with Gasteiger partial charge in [0.25, 0.3) is 0 Å². The van der Waals surface area contributed by atoms with Crippen LogP contribution in [0.1, 0.15) is 23.8 Å². The van der Waals surface area contributed by atoms with E-state index in [2.05, 4.69) is 17.2 Å². The molecule has 1 unspecified atom stereocenters. The molecule has 1 aromatic carbocycles. The monoisotopic (exact) mass is 272 g/mol. The highest BCUT2D eigenvalue weighted by atomic mass is 16.5. The third-order valence-corrected chi connectivity index (χ3v) is 3.60. The Hall–Kier alpha value is -2.14. The quantitative estimate of drug-likeness (QED) is 0.898. The van der Waals surface area contributed by atoms with Gasteiger partial charge in [0.2, 0.25) is 0 Å². The number of hydrogen-bond donors (Lipinski definition) is 2. The van der Waals surface area contributed by atoms with E-state index in [1.807, 2.05) is 24.3 Å². The van der Waals surface area contributed by atoms with E-state index in [1.54, 1.807) is 6.07 Å². The summed E-state index contributed by atoms with van der Waals surface area (Å²) in [7, 11) is 0. The van der Waals surface area contributed by atoms with Crippen LogP contribution in [0.5, 0.6) is 0 Å². The zero-order valence-electron chi connectivity index (χ0n) is 11.2. The number of carbonyl (C=O) groups is 1. The van der Waals surface area contributed by atoms with Crippen LogP contribution in [0, 0.1) is 0 Å². The van der Waals surface area contributed by atoms with Gasteiger partial charge in [-0.1, -0.05) is 24.3 Å². The maximum absolute atomic E-state index is 11.2. The highest BCUT2D eigenvalue weighted by Crippen LogP contribution is 2.28. The van der Waals surface area contributed by atoms with E-state index in [0.717, 1.165) is 17.2 Å². The van der Waals surface area contributed by atoms with Gasteiger partial charge in [0.1, 0.15) is 5.82 Å². The Labute approximate surface area is 116 Å². The van der Waals surface area contributed by atoms with E-state index in [4.69, 9.17) is 4.74 Å². The number of pyridine rings is 1. The Kier molecular flexibility index (Phi) is 3.06. The third kappa shape index (κ3) is 2.32. The summed E-state index contributed by atoms with van der Waals surface area (Å²) >= 11 is 0. The second-order valence-electron chi connectivity index (χ2n) is 5.37. The second-order valence-corrected chi connectivity index (χ2v) is 5.37. The van der Waals surface area contributed by atoms with E-state index >= 15 is 0 Å². The molecule has 2 N–H and O–H groups in total. The summed E-state index contributed by atoms with van der Waals surface area (Å²) in [5.74, 6) is -0.417. The highest BCUT2D eigenvalue weighted by molar-refractivity contribution is 5.97. The Morgan fingerprint density at radius 2 is 2.25 bits per heavy atom. The molecular weight excluding hydrogens is 256 g/mol. The van der Waals surface area contributed by atoms with Crippen LogP contribution in [0.15, 0.2) is 30.3 Å². The number of aromatic carboxylic acids is 1. The lowest BCUT2D eigenvalue weighted by atomic mass is 10.0. The molecule has 1 aliphatic heterocycles. The molecule has 1 fully saturated rings. The number of benzene rings is 1. The molecule has 2 aromatic rings. The zero-order chi connectivity index (χ0) is 14.2. The van der Waals surface area contributed by atoms with Gasteiger partial charge in [-0.3, -0.25) is 0 Å². The summed E-state index contributed by atoms with van der Waals surface area (Å²) in [6.07, 6.45) is 0.875. The minimum absolute atomic E-state index is 0.0497. The predicted octanol–water partition coefficient (Wildman–Crippen LogP) is 2.52. The van der Waals surface area contributed by atoms with E-state index < -0.39 is 5.97 Å². The third-order valence-electron chi connectivity index (χ3n) is 3.60. The topological polar surface area (TPSA) is 71.5 Å². The van der Waals surface area contributed by atoms with Crippen molar-refractivity contribution < 1.29 is 14.6 Å². The Morgan fingerprint density at radius 1 is 1.45 bits per heavy atom. The van der Waals surface area contributed by atoms with Crippen molar-refractivity contribution in [3.63, 3.8) is 0 Å². The molecule has 1 atom stereocenters. The fourth-order valence-electron chi connectivity index (χ4n) is 2.46. The fraction of sp³-hybridized carbons (Fsp3) is 0.333. The van der Waals surface area contributed by atoms with Gasteiger partial charge < -0.3 is 15.2 Å². The van der Waals surface area contributed by atoms with E-state index in [1.165, 1.54) is 0 Å². The van der Waals surface area contributed by atoms with Crippen molar-refractivity contribution in [3.05, 3.63) is 36.0 Å². The van der Waals surface area contributed by atoms with Crippen molar-refractivity contribution in [2.75, 3.05) is 18.5 Å². The van der Waals surface area contributed by atoms with Crippen LogP contribution in [-0.4, -0.2) is 34.8 Å². The summed E-state index contributed by atoms with van der Waals surface area (Å²) in [4.78, 5) is 15.4. The number of carboxylic acids is 1. The van der Waals surface area contributed by atoms with Crippen LogP contribution >= 0.6 is 0 Å². The van der Waals surface area contributed by atoms with E-state index in [0.29, 0.717) is 19.0 Å². The van der Waals surface area contributed by atoms with Crippen molar-refractivity contribution in [3.8, 4) is 0 Å². The molecule has 0 spiro atoms. The van der Waals surface area contributed by atoms with E-state index in [9.17, 15) is 9.90 Å². The van der Waals surface area contributed by atoms with Crippen LogP contribution in [0.2, 0.25) is 0 Å². The van der Waals surface area contributed by atoms with Crippen molar-refractivity contribution in [1.29, 1.82) is 0 Å². The number of hydrogen-bond acceptors (Lipinski definition) is 4. The summed E-state index contributed by atoms with van der Waals surface area (Å²) in [5.41, 5.74) is -0.152. The minimum Gasteiger partial charge on any atom is -0.477 e. The van der Waals surface area contributed by atoms with Gasteiger partial charge in [0.05, 0.1) is 12.1 Å². The van der Waals surface area contributed by atoms with Crippen LogP contribution in [-0.2, 0) is 4.74 Å². The van der Waals surface area contributed by atoms with Crippen LogP contribution < -0.4 is 5.32 Å². The predicted molar refractivity (Wildman–Crippen MR) is 76.2 cm³/mol. The lowest BCUT2D eigenvalue weighted by molar-refractivity contribution is 0.0691. The number of anilines is 1. The molecule has 5 heteroatoms. The minimum atomic E-state index is -1.02. The molecule has 1 aliphatic rings. The van der Waals surface area contributed by atoms with Gasteiger partial charge in [0.15, 0.2) is 5.69 Å². The number of aromatic nitrogens is 1. The average Bonchev–Trinajstić information content (AvgIpc) is 2.85. The fourth-order valence-corrected chi connectivity index (χ4v) is 2.46. The molecule has 0 saturated carbocycles. The zero-order valence-corrected chi connectivity index (χ0v) is 11.2. The molecule has 3 rings (SSSR count). The smallest absolute Gasteiger partial charge is 0.354 e. The van der Waals surface area contributed by atoms with Crippen LogP contribution in [0.25, 0.3) is 10.8 Å². The number of fused-ring (bicyclic) bond motifs is 1. The molecule has 0 radical (unpaired) electrons. The summed E-state index contributed by atoms with van der Waals surface area (Å²) in [6, 6.07) is 9.23. The molecule has 0 bridgehead atoms. The maximum atomic E-state index is 11.2. The molecular formula is C15H16N2O3. The molecule has 0 amide bonds. The number of carboxylic acid groups (broad SMARTS) is 1. The van der Waals surface area contributed by atoms with Crippen LogP contribution in [0.3, 0.4) is 0 Å². The van der Waals surface area contributed by atoms with Gasteiger partial charge in [-0.05, 0) is 24.8 Å². The Balaban J connectivity index is 2.09. The van der Waals surface area contributed by atoms with E-state index in [-0.39, 0.29) is 11.2 Å². The van der Waals surface area contributed by atoms with Gasteiger partial charge in [-0.15, -0.1) is 0 Å². The summed E-state index contributed by atoms with van der Waals surface area (Å²) in [6.45, 7) is 3.37. The first-order chi connectivity index (χ1) is 9.57. The SMILES string of the molecule is CC1(Nc2nc(C(=O)O)cc3ccccc23)CCOC1. The maximum Gasteiger partial charge on any atom is 0.354 e.